The number of carbonyl (C=O) groups excluding carboxylic acids is 2. The van der Waals surface area contributed by atoms with Crippen LogP contribution in [0.2, 0.25) is 0 Å². The zero-order valence-corrected chi connectivity index (χ0v) is 18.6. The Morgan fingerprint density at radius 2 is 1.61 bits per heavy atom. The standard InChI is InChI=1S/C26H27N3O4/c1-28-15-7-11-22(25(28)31)26(32)29-16-13-19(14-17-29)18-27-24(30)21-10-5-6-12-23(21)33-20-8-3-2-4-9-20/h2-12,15,19H,13-14,16-18H2,1H3,(H,27,30). The first kappa shape index (κ1) is 22.3. The Kier molecular flexibility index (Phi) is 6.88. The van der Waals surface area contributed by atoms with Crippen LogP contribution >= 0.6 is 0 Å². The highest BCUT2D eigenvalue weighted by molar-refractivity contribution is 5.97. The molecule has 1 aliphatic rings. The van der Waals surface area contributed by atoms with Gasteiger partial charge in [0, 0.05) is 32.9 Å². The molecular weight excluding hydrogens is 418 g/mol. The molecule has 0 bridgehead atoms. The number of hydrogen-bond donors (Lipinski definition) is 1. The maximum atomic E-state index is 12.8. The van der Waals surface area contributed by atoms with Gasteiger partial charge in [0.05, 0.1) is 5.56 Å². The predicted molar refractivity (Wildman–Crippen MR) is 126 cm³/mol. The number of piperidine rings is 1. The zero-order valence-electron chi connectivity index (χ0n) is 18.6. The van der Waals surface area contributed by atoms with Crippen molar-refractivity contribution >= 4 is 11.8 Å². The van der Waals surface area contributed by atoms with Gasteiger partial charge in [0.25, 0.3) is 17.4 Å². The predicted octanol–water partition coefficient (Wildman–Crippen LogP) is 3.46. The molecule has 170 valence electrons. The number of aromatic nitrogens is 1. The number of amides is 2. The molecule has 1 aromatic heterocycles. The molecular formula is C26H27N3O4. The second kappa shape index (κ2) is 10.2. The Labute approximate surface area is 192 Å². The maximum Gasteiger partial charge on any atom is 0.263 e. The SMILES string of the molecule is Cn1cccc(C(=O)N2CCC(CNC(=O)c3ccccc3Oc3ccccc3)CC2)c1=O. The molecule has 2 amide bonds. The zero-order chi connectivity index (χ0) is 23.2. The molecule has 0 unspecified atom stereocenters. The number of nitrogens with one attached hydrogen (secondary N) is 1. The summed E-state index contributed by atoms with van der Waals surface area (Å²) in [6.45, 7) is 1.64. The Morgan fingerprint density at radius 3 is 2.36 bits per heavy atom. The fraction of sp³-hybridized carbons (Fsp3) is 0.269. The minimum Gasteiger partial charge on any atom is -0.457 e. The Morgan fingerprint density at radius 1 is 0.939 bits per heavy atom. The van der Waals surface area contributed by atoms with Crippen molar-refractivity contribution in [3.8, 4) is 11.5 Å². The number of carbonyl (C=O) groups is 2. The summed E-state index contributed by atoms with van der Waals surface area (Å²) in [6, 6.07) is 19.8. The summed E-state index contributed by atoms with van der Waals surface area (Å²) in [5.41, 5.74) is 0.393. The number of rotatable bonds is 6. The van der Waals surface area contributed by atoms with E-state index < -0.39 is 0 Å². The topological polar surface area (TPSA) is 80.6 Å². The van der Waals surface area contributed by atoms with Gasteiger partial charge < -0.3 is 19.5 Å². The number of aryl methyl sites for hydroxylation is 1. The largest absolute Gasteiger partial charge is 0.457 e. The van der Waals surface area contributed by atoms with Crippen molar-refractivity contribution in [1.82, 2.24) is 14.8 Å². The molecule has 1 N–H and O–H groups in total. The summed E-state index contributed by atoms with van der Waals surface area (Å²) in [5.74, 6) is 1.02. The summed E-state index contributed by atoms with van der Waals surface area (Å²) in [6.07, 6.45) is 3.17. The van der Waals surface area contributed by atoms with Crippen molar-refractivity contribution in [3.63, 3.8) is 0 Å². The summed E-state index contributed by atoms with van der Waals surface area (Å²) in [4.78, 5) is 39.5. The van der Waals surface area contributed by atoms with E-state index in [2.05, 4.69) is 5.32 Å². The molecule has 7 heteroatoms. The second-order valence-electron chi connectivity index (χ2n) is 8.19. The van der Waals surface area contributed by atoms with Gasteiger partial charge in [-0.3, -0.25) is 14.4 Å². The highest BCUT2D eigenvalue weighted by Crippen LogP contribution is 2.25. The summed E-state index contributed by atoms with van der Waals surface area (Å²) < 4.78 is 7.30. The van der Waals surface area contributed by atoms with Crippen LogP contribution in [-0.4, -0.2) is 40.9 Å². The van der Waals surface area contributed by atoms with E-state index in [-0.39, 0.29) is 28.9 Å². The van der Waals surface area contributed by atoms with E-state index in [0.717, 1.165) is 12.8 Å². The molecule has 1 fully saturated rings. The van der Waals surface area contributed by atoms with Crippen LogP contribution in [0.3, 0.4) is 0 Å². The number of likely N-dealkylation sites (tertiary alicyclic amines) is 1. The Balaban J connectivity index is 1.31. The molecule has 2 heterocycles. The Hall–Kier alpha value is -3.87. The third kappa shape index (κ3) is 5.31. The monoisotopic (exact) mass is 445 g/mol. The summed E-state index contributed by atoms with van der Waals surface area (Å²) in [5, 5.41) is 3.01. The van der Waals surface area contributed by atoms with Crippen LogP contribution in [0.1, 0.15) is 33.6 Å². The molecule has 0 atom stereocenters. The smallest absolute Gasteiger partial charge is 0.263 e. The van der Waals surface area contributed by atoms with Gasteiger partial charge in [0.15, 0.2) is 0 Å². The van der Waals surface area contributed by atoms with Crippen LogP contribution < -0.4 is 15.6 Å². The van der Waals surface area contributed by atoms with E-state index in [1.54, 1.807) is 42.4 Å². The molecule has 33 heavy (non-hydrogen) atoms. The third-order valence-electron chi connectivity index (χ3n) is 5.91. The molecule has 2 aromatic carbocycles. The molecule has 0 saturated carbocycles. The molecule has 0 spiro atoms. The first-order chi connectivity index (χ1) is 16.0. The van der Waals surface area contributed by atoms with Crippen molar-refractivity contribution in [3.05, 3.63) is 94.4 Å². The minimum atomic E-state index is -0.284. The number of hydrogen-bond acceptors (Lipinski definition) is 4. The third-order valence-corrected chi connectivity index (χ3v) is 5.91. The van der Waals surface area contributed by atoms with Crippen molar-refractivity contribution in [1.29, 1.82) is 0 Å². The van der Waals surface area contributed by atoms with Crippen LogP contribution in [0.25, 0.3) is 0 Å². The van der Waals surface area contributed by atoms with E-state index in [1.165, 1.54) is 4.57 Å². The quantitative estimate of drug-likeness (QED) is 0.630. The number of pyridine rings is 1. The van der Waals surface area contributed by atoms with Gasteiger partial charge >= 0.3 is 0 Å². The van der Waals surface area contributed by atoms with Crippen LogP contribution in [0, 0.1) is 5.92 Å². The van der Waals surface area contributed by atoms with Gasteiger partial charge in [-0.25, -0.2) is 0 Å². The van der Waals surface area contributed by atoms with E-state index in [0.29, 0.717) is 36.7 Å². The lowest BCUT2D eigenvalue weighted by atomic mass is 9.96. The average Bonchev–Trinajstić information content (AvgIpc) is 2.85. The molecule has 4 rings (SSSR count). The molecule has 0 radical (unpaired) electrons. The first-order valence-corrected chi connectivity index (χ1v) is 11.1. The molecule has 1 saturated heterocycles. The molecule has 0 aliphatic carbocycles. The van der Waals surface area contributed by atoms with Crippen LogP contribution in [0.5, 0.6) is 11.5 Å². The van der Waals surface area contributed by atoms with Crippen LogP contribution in [0.15, 0.2) is 77.7 Å². The summed E-state index contributed by atoms with van der Waals surface area (Å²) >= 11 is 0. The summed E-state index contributed by atoms with van der Waals surface area (Å²) in [7, 11) is 1.64. The number of benzene rings is 2. The second-order valence-corrected chi connectivity index (χ2v) is 8.19. The highest BCUT2D eigenvalue weighted by Gasteiger charge is 2.26. The van der Waals surface area contributed by atoms with E-state index in [9.17, 15) is 14.4 Å². The first-order valence-electron chi connectivity index (χ1n) is 11.1. The number of nitrogens with zero attached hydrogens (tertiary/aromatic N) is 2. The van der Waals surface area contributed by atoms with Gasteiger partial charge in [-0.1, -0.05) is 30.3 Å². The molecule has 1 aliphatic heterocycles. The normalized spacial score (nSPS) is 14.0. The van der Waals surface area contributed by atoms with Gasteiger partial charge in [-0.05, 0) is 55.2 Å². The van der Waals surface area contributed by atoms with Gasteiger partial charge in [0.1, 0.15) is 17.1 Å². The van der Waals surface area contributed by atoms with Crippen LogP contribution in [-0.2, 0) is 7.05 Å². The van der Waals surface area contributed by atoms with Crippen LogP contribution in [0.4, 0.5) is 0 Å². The van der Waals surface area contributed by atoms with Gasteiger partial charge in [-0.2, -0.15) is 0 Å². The fourth-order valence-corrected chi connectivity index (χ4v) is 3.96. The van der Waals surface area contributed by atoms with E-state index >= 15 is 0 Å². The van der Waals surface area contributed by atoms with Gasteiger partial charge in [0.2, 0.25) is 0 Å². The van der Waals surface area contributed by atoms with E-state index in [1.807, 2.05) is 42.5 Å². The molecule has 3 aromatic rings. The van der Waals surface area contributed by atoms with Crippen molar-refractivity contribution in [2.24, 2.45) is 13.0 Å². The highest BCUT2D eigenvalue weighted by atomic mass is 16.5. The van der Waals surface area contributed by atoms with Crippen molar-refractivity contribution in [2.45, 2.75) is 12.8 Å². The number of ether oxygens (including phenoxy) is 1. The fourth-order valence-electron chi connectivity index (χ4n) is 3.96. The lowest BCUT2D eigenvalue weighted by Gasteiger charge is -2.32. The number of para-hydroxylation sites is 2. The van der Waals surface area contributed by atoms with Gasteiger partial charge in [-0.15, -0.1) is 0 Å². The average molecular weight is 446 g/mol. The van der Waals surface area contributed by atoms with Crippen molar-refractivity contribution < 1.29 is 14.3 Å². The lowest BCUT2D eigenvalue weighted by Crippen LogP contribution is -2.43. The van der Waals surface area contributed by atoms with E-state index in [4.69, 9.17) is 4.74 Å². The van der Waals surface area contributed by atoms with Crippen molar-refractivity contribution in [2.75, 3.05) is 19.6 Å². The molecule has 7 nitrogen and oxygen atoms in total. The Bertz CT molecular complexity index is 1180. The minimum absolute atomic E-state index is 0.187. The maximum absolute atomic E-state index is 12.8. The lowest BCUT2D eigenvalue weighted by molar-refractivity contribution is 0.0682.